The maximum atomic E-state index is 13.7. The van der Waals surface area contributed by atoms with Crippen LogP contribution < -0.4 is 0 Å². The summed E-state index contributed by atoms with van der Waals surface area (Å²) in [4.78, 5) is 3.71. The first-order valence-corrected chi connectivity index (χ1v) is 6.73. The molecule has 3 aromatic rings. The largest absolute Gasteiger partial charge is 0.241 e. The molecule has 0 saturated carbocycles. The third-order valence-electron chi connectivity index (χ3n) is 2.83. The molecule has 0 radical (unpaired) electrons. The summed E-state index contributed by atoms with van der Waals surface area (Å²) in [6, 6.07) is 4.84. The molecule has 0 fully saturated rings. The van der Waals surface area contributed by atoms with Crippen LogP contribution in [0.4, 0.5) is 4.39 Å². The van der Waals surface area contributed by atoms with E-state index in [1.807, 2.05) is 6.07 Å². The zero-order valence-electron chi connectivity index (χ0n) is 10.1. The topological polar surface area (TPSA) is 54.5 Å². The van der Waals surface area contributed by atoms with Gasteiger partial charge in [-0.1, -0.05) is 34.8 Å². The van der Waals surface area contributed by atoms with Gasteiger partial charge in [0.15, 0.2) is 5.82 Å². The third kappa shape index (κ3) is 2.32. The molecule has 2 aromatic heterocycles. The molecule has 0 amide bonds. The molecule has 0 bridgehead atoms. The number of halogens is 4. The molecule has 0 atom stereocenters. The molecule has 8 heteroatoms. The van der Waals surface area contributed by atoms with Crippen LogP contribution in [0.15, 0.2) is 24.5 Å². The summed E-state index contributed by atoms with van der Waals surface area (Å²) in [5.41, 5.74) is 0.715. The van der Waals surface area contributed by atoms with Gasteiger partial charge < -0.3 is 0 Å². The first-order chi connectivity index (χ1) is 10.0. The molecule has 0 saturated heterocycles. The van der Waals surface area contributed by atoms with Crippen LogP contribution in [-0.2, 0) is 0 Å². The molecule has 104 valence electrons. The summed E-state index contributed by atoms with van der Waals surface area (Å²) >= 11 is 18.1. The van der Waals surface area contributed by atoms with Gasteiger partial charge in [-0.25, -0.2) is 14.1 Å². The Morgan fingerprint density at radius 1 is 1.19 bits per heavy atom. The fourth-order valence-electron chi connectivity index (χ4n) is 1.91. The van der Waals surface area contributed by atoms with E-state index in [0.717, 1.165) is 6.20 Å². The molecular weight excluding hydrogens is 338 g/mol. The average molecular weight is 342 g/mol. The highest BCUT2D eigenvalue weighted by molar-refractivity contribution is 6.38. The number of pyridine rings is 1. The summed E-state index contributed by atoms with van der Waals surface area (Å²) < 4.78 is 15.0. The molecule has 1 aromatic carbocycles. The van der Waals surface area contributed by atoms with Crippen LogP contribution in [0.1, 0.15) is 5.56 Å². The van der Waals surface area contributed by atoms with E-state index in [1.54, 1.807) is 0 Å². The van der Waals surface area contributed by atoms with Crippen LogP contribution in [0.25, 0.3) is 16.6 Å². The molecule has 3 rings (SSSR count). The lowest BCUT2D eigenvalue weighted by Gasteiger charge is -2.07. The van der Waals surface area contributed by atoms with Crippen molar-refractivity contribution in [2.24, 2.45) is 0 Å². The van der Waals surface area contributed by atoms with E-state index in [2.05, 4.69) is 10.1 Å². The van der Waals surface area contributed by atoms with Gasteiger partial charge in [-0.15, -0.1) is 0 Å². The number of nitrogens with zero attached hydrogens (tertiary/aromatic N) is 4. The lowest BCUT2D eigenvalue weighted by atomic mass is 10.2. The number of aromatic nitrogens is 3. The van der Waals surface area contributed by atoms with Gasteiger partial charge in [-0.05, 0) is 12.1 Å². The van der Waals surface area contributed by atoms with Crippen LogP contribution in [0.3, 0.4) is 0 Å². The fourth-order valence-corrected chi connectivity index (χ4v) is 2.76. The van der Waals surface area contributed by atoms with Gasteiger partial charge in [0.25, 0.3) is 0 Å². The highest BCUT2D eigenvalue weighted by atomic mass is 35.5. The fraction of sp³-hybridized carbons (Fsp3) is 0. The van der Waals surface area contributed by atoms with Gasteiger partial charge in [0.1, 0.15) is 16.4 Å². The van der Waals surface area contributed by atoms with Crippen LogP contribution in [-0.4, -0.2) is 14.8 Å². The van der Waals surface area contributed by atoms with E-state index in [9.17, 15) is 4.39 Å². The van der Waals surface area contributed by atoms with Crippen LogP contribution >= 0.6 is 34.8 Å². The second-order valence-corrected chi connectivity index (χ2v) is 5.31. The Hall–Kier alpha value is -1.87. The smallest absolute Gasteiger partial charge is 0.169 e. The molecule has 0 spiro atoms. The molecule has 21 heavy (non-hydrogen) atoms. The van der Waals surface area contributed by atoms with E-state index in [-0.39, 0.29) is 20.7 Å². The zero-order chi connectivity index (χ0) is 15.1. The van der Waals surface area contributed by atoms with Crippen LogP contribution in [0, 0.1) is 17.1 Å². The molecule has 0 aliphatic rings. The van der Waals surface area contributed by atoms with Crippen molar-refractivity contribution in [2.75, 3.05) is 0 Å². The number of hydrogen-bond acceptors (Lipinski definition) is 3. The molecule has 4 nitrogen and oxygen atoms in total. The molecule has 0 N–H and O–H groups in total. The molecule has 0 unspecified atom stereocenters. The lowest BCUT2D eigenvalue weighted by Crippen LogP contribution is -1.97. The second-order valence-electron chi connectivity index (χ2n) is 4.13. The summed E-state index contributed by atoms with van der Waals surface area (Å²) in [7, 11) is 0. The number of benzene rings is 1. The first-order valence-electron chi connectivity index (χ1n) is 5.60. The molecule has 0 aliphatic carbocycles. The molecule has 0 aliphatic heterocycles. The number of fused-ring (bicyclic) bond motifs is 1. The quantitative estimate of drug-likeness (QED) is 0.617. The van der Waals surface area contributed by atoms with Crippen molar-refractivity contribution in [1.82, 2.24) is 14.8 Å². The van der Waals surface area contributed by atoms with Crippen molar-refractivity contribution >= 4 is 45.7 Å². The molecule has 2 heterocycles. The van der Waals surface area contributed by atoms with Gasteiger partial charge in [0.2, 0.25) is 0 Å². The van der Waals surface area contributed by atoms with Crippen LogP contribution in [0.2, 0.25) is 15.2 Å². The number of nitriles is 1. The Morgan fingerprint density at radius 3 is 2.43 bits per heavy atom. The molecular formula is C13H4Cl3FN4. The Kier molecular flexibility index (Phi) is 3.46. The van der Waals surface area contributed by atoms with Gasteiger partial charge in [-0.2, -0.15) is 10.4 Å². The Labute approximate surface area is 133 Å². The summed E-state index contributed by atoms with van der Waals surface area (Å²) in [5, 5.41) is 13.9. The van der Waals surface area contributed by atoms with Crippen molar-refractivity contribution in [1.29, 1.82) is 5.26 Å². The lowest BCUT2D eigenvalue weighted by molar-refractivity contribution is 0.629. The van der Waals surface area contributed by atoms with E-state index in [4.69, 9.17) is 40.1 Å². The van der Waals surface area contributed by atoms with Crippen molar-refractivity contribution in [3.63, 3.8) is 0 Å². The van der Waals surface area contributed by atoms with E-state index in [0.29, 0.717) is 16.6 Å². The van der Waals surface area contributed by atoms with Crippen LogP contribution in [0.5, 0.6) is 0 Å². The van der Waals surface area contributed by atoms with E-state index < -0.39 is 5.82 Å². The Balaban J connectivity index is 2.29. The average Bonchev–Trinajstić information content (AvgIpc) is 2.88. The zero-order valence-corrected chi connectivity index (χ0v) is 12.4. The van der Waals surface area contributed by atoms with Crippen molar-refractivity contribution in [3.05, 3.63) is 51.1 Å². The monoisotopic (exact) mass is 340 g/mol. The maximum absolute atomic E-state index is 13.7. The number of hydrogen-bond donors (Lipinski definition) is 0. The first kappa shape index (κ1) is 14.1. The Bertz CT molecular complexity index is 852. The minimum atomic E-state index is -0.603. The van der Waals surface area contributed by atoms with Gasteiger partial charge in [-0.3, -0.25) is 0 Å². The van der Waals surface area contributed by atoms with Crippen molar-refractivity contribution in [2.45, 2.75) is 0 Å². The predicted molar refractivity (Wildman–Crippen MR) is 78.6 cm³/mol. The summed E-state index contributed by atoms with van der Waals surface area (Å²) in [6.45, 7) is 0. The van der Waals surface area contributed by atoms with Crippen molar-refractivity contribution in [3.8, 4) is 11.8 Å². The van der Waals surface area contributed by atoms with Crippen molar-refractivity contribution < 1.29 is 4.39 Å². The summed E-state index contributed by atoms with van der Waals surface area (Å²) in [6.07, 6.45) is 2.47. The number of rotatable bonds is 1. The minimum absolute atomic E-state index is 0.0616. The second kappa shape index (κ2) is 5.15. The SMILES string of the molecule is N#Cc1cc(Cl)c(-n2cc3c(Cl)ncc(F)c3n2)c(Cl)c1. The Morgan fingerprint density at radius 2 is 1.86 bits per heavy atom. The summed E-state index contributed by atoms with van der Waals surface area (Å²) in [5.74, 6) is -0.603. The maximum Gasteiger partial charge on any atom is 0.169 e. The van der Waals surface area contributed by atoms with E-state index in [1.165, 1.54) is 23.0 Å². The van der Waals surface area contributed by atoms with Gasteiger partial charge in [0, 0.05) is 6.20 Å². The minimum Gasteiger partial charge on any atom is -0.241 e. The van der Waals surface area contributed by atoms with Gasteiger partial charge in [0.05, 0.1) is 33.3 Å². The third-order valence-corrected chi connectivity index (χ3v) is 3.71. The van der Waals surface area contributed by atoms with E-state index >= 15 is 0 Å². The van der Waals surface area contributed by atoms with Gasteiger partial charge >= 0.3 is 0 Å². The standard InChI is InChI=1S/C13H4Cl3FN4/c14-8-1-6(3-18)2-9(15)12(8)21-5-7-11(20-21)10(17)4-19-13(7)16/h1-2,4-5H. The highest BCUT2D eigenvalue weighted by Gasteiger charge is 2.16. The normalized spacial score (nSPS) is 10.8. The predicted octanol–water partition coefficient (Wildman–Crippen LogP) is 4.39. The highest BCUT2D eigenvalue weighted by Crippen LogP contribution is 2.32.